The Balaban J connectivity index is 2.80. The first kappa shape index (κ1) is 14.0. The summed E-state index contributed by atoms with van der Waals surface area (Å²) in [5.41, 5.74) is 0.156. The van der Waals surface area contributed by atoms with Crippen molar-refractivity contribution in [2.75, 3.05) is 7.11 Å². The van der Waals surface area contributed by atoms with Crippen LogP contribution in [-0.4, -0.2) is 12.2 Å². The highest BCUT2D eigenvalue weighted by molar-refractivity contribution is 5.31. The summed E-state index contributed by atoms with van der Waals surface area (Å²) in [5.74, 6) is 1.33. The lowest BCUT2D eigenvalue weighted by Crippen LogP contribution is -2.24. The van der Waals surface area contributed by atoms with E-state index in [2.05, 4.69) is 13.8 Å². The zero-order valence-corrected chi connectivity index (χ0v) is 11.4. The van der Waals surface area contributed by atoms with Gasteiger partial charge in [0.25, 0.3) is 0 Å². The molecule has 0 fully saturated rings. The van der Waals surface area contributed by atoms with Gasteiger partial charge in [-0.25, -0.2) is 0 Å². The lowest BCUT2D eigenvalue weighted by molar-refractivity contribution is 0.0309. The third-order valence-corrected chi connectivity index (χ3v) is 3.22. The summed E-state index contributed by atoms with van der Waals surface area (Å²) in [6.45, 7) is 6.25. The van der Waals surface area contributed by atoms with Crippen LogP contribution >= 0.6 is 0 Å². The third kappa shape index (κ3) is 4.04. The molecule has 2 unspecified atom stereocenters. The molecule has 1 aromatic rings. The van der Waals surface area contributed by atoms with Gasteiger partial charge >= 0.3 is 0 Å². The van der Waals surface area contributed by atoms with Crippen molar-refractivity contribution in [1.29, 1.82) is 0 Å². The molecule has 1 aromatic carbocycles. The fourth-order valence-electron chi connectivity index (χ4n) is 2.35. The number of hydrogen-bond acceptors (Lipinski definition) is 2. The first-order chi connectivity index (χ1) is 7.99. The van der Waals surface area contributed by atoms with Crippen LogP contribution < -0.4 is 4.74 Å². The van der Waals surface area contributed by atoms with Crippen molar-refractivity contribution in [1.82, 2.24) is 0 Å². The number of benzene rings is 1. The fraction of sp³-hybridized carbons (Fsp3) is 0.600. The van der Waals surface area contributed by atoms with E-state index in [1.165, 1.54) is 0 Å². The van der Waals surface area contributed by atoms with Crippen LogP contribution in [0.3, 0.4) is 0 Å². The predicted octanol–water partition coefficient (Wildman–Crippen LogP) is 3.73. The molecule has 1 rings (SSSR count). The van der Waals surface area contributed by atoms with Gasteiger partial charge in [-0.05, 0) is 37.0 Å². The quantitative estimate of drug-likeness (QED) is 0.815. The molecule has 0 bridgehead atoms. The summed E-state index contributed by atoms with van der Waals surface area (Å²) >= 11 is 0. The van der Waals surface area contributed by atoms with Crippen LogP contribution in [0, 0.1) is 5.92 Å². The van der Waals surface area contributed by atoms with Gasteiger partial charge in [0.15, 0.2) is 0 Å². The van der Waals surface area contributed by atoms with Crippen LogP contribution in [0.2, 0.25) is 0 Å². The summed E-state index contributed by atoms with van der Waals surface area (Å²) in [6, 6.07) is 7.70. The number of ether oxygens (including phenoxy) is 1. The molecule has 0 saturated heterocycles. The Hall–Kier alpha value is -1.02. The molecule has 0 aromatic heterocycles. The molecular formula is C15H24O2. The molecule has 1 N–H and O–H groups in total. The van der Waals surface area contributed by atoms with E-state index in [9.17, 15) is 5.11 Å². The van der Waals surface area contributed by atoms with Gasteiger partial charge in [0.05, 0.1) is 12.7 Å². The zero-order valence-electron chi connectivity index (χ0n) is 11.4. The number of hydrogen-bond donors (Lipinski definition) is 1. The minimum atomic E-state index is -0.775. The van der Waals surface area contributed by atoms with Crippen LogP contribution in [0.15, 0.2) is 24.3 Å². The van der Waals surface area contributed by atoms with Gasteiger partial charge in [0, 0.05) is 0 Å². The summed E-state index contributed by atoms with van der Waals surface area (Å²) in [7, 11) is 1.65. The van der Waals surface area contributed by atoms with E-state index in [0.29, 0.717) is 5.92 Å². The minimum absolute atomic E-state index is 0.529. The Morgan fingerprint density at radius 3 is 2.71 bits per heavy atom. The average Bonchev–Trinajstić information content (AvgIpc) is 2.28. The Kier molecular flexibility index (Phi) is 5.01. The molecule has 96 valence electrons. The molecule has 0 amide bonds. The largest absolute Gasteiger partial charge is 0.497 e. The van der Waals surface area contributed by atoms with E-state index in [0.717, 1.165) is 30.6 Å². The molecule has 0 radical (unpaired) electrons. The smallest absolute Gasteiger partial charge is 0.119 e. The van der Waals surface area contributed by atoms with Gasteiger partial charge in [0.2, 0.25) is 0 Å². The number of aliphatic hydroxyl groups is 1. The van der Waals surface area contributed by atoms with Crippen LogP contribution in [0.1, 0.15) is 45.6 Å². The van der Waals surface area contributed by atoms with Crippen LogP contribution in [-0.2, 0) is 5.60 Å². The topological polar surface area (TPSA) is 29.5 Å². The molecule has 0 spiro atoms. The molecule has 2 heteroatoms. The van der Waals surface area contributed by atoms with Gasteiger partial charge in [-0.2, -0.15) is 0 Å². The second kappa shape index (κ2) is 6.06. The van der Waals surface area contributed by atoms with Crippen molar-refractivity contribution in [2.45, 2.75) is 45.6 Å². The monoisotopic (exact) mass is 236 g/mol. The number of methoxy groups -OCH3 is 1. The van der Waals surface area contributed by atoms with E-state index in [1.807, 2.05) is 31.2 Å². The van der Waals surface area contributed by atoms with E-state index < -0.39 is 5.60 Å². The van der Waals surface area contributed by atoms with Crippen molar-refractivity contribution >= 4 is 0 Å². The standard InChI is InChI=1S/C15H24O2/c1-5-7-12(2)11-15(3,16)13-8-6-9-14(10-13)17-4/h6,8-10,12,16H,5,7,11H2,1-4H3. The summed E-state index contributed by atoms with van der Waals surface area (Å²) in [6.07, 6.45) is 3.10. The SMILES string of the molecule is CCCC(C)CC(C)(O)c1cccc(OC)c1. The molecule has 0 aliphatic carbocycles. The molecule has 0 aliphatic rings. The van der Waals surface area contributed by atoms with Gasteiger partial charge in [-0.15, -0.1) is 0 Å². The maximum atomic E-state index is 10.5. The lowest BCUT2D eigenvalue weighted by atomic mass is 9.85. The fourth-order valence-corrected chi connectivity index (χ4v) is 2.35. The molecule has 0 aliphatic heterocycles. The Labute approximate surface area is 105 Å². The molecule has 2 nitrogen and oxygen atoms in total. The van der Waals surface area contributed by atoms with Crippen molar-refractivity contribution in [2.24, 2.45) is 5.92 Å². The predicted molar refractivity (Wildman–Crippen MR) is 71.3 cm³/mol. The Morgan fingerprint density at radius 2 is 2.12 bits per heavy atom. The van der Waals surface area contributed by atoms with Crippen molar-refractivity contribution < 1.29 is 9.84 Å². The highest BCUT2D eigenvalue weighted by Crippen LogP contribution is 2.31. The van der Waals surface area contributed by atoms with Crippen molar-refractivity contribution in [3.8, 4) is 5.75 Å². The molecule has 2 atom stereocenters. The van der Waals surface area contributed by atoms with Crippen LogP contribution in [0.4, 0.5) is 0 Å². The summed E-state index contributed by atoms with van der Waals surface area (Å²) in [4.78, 5) is 0. The van der Waals surface area contributed by atoms with E-state index in [1.54, 1.807) is 7.11 Å². The average molecular weight is 236 g/mol. The van der Waals surface area contributed by atoms with Gasteiger partial charge in [-0.1, -0.05) is 38.8 Å². The summed E-state index contributed by atoms with van der Waals surface area (Å²) < 4.78 is 5.19. The second-order valence-corrected chi connectivity index (χ2v) is 5.10. The second-order valence-electron chi connectivity index (χ2n) is 5.10. The van der Waals surface area contributed by atoms with E-state index >= 15 is 0 Å². The zero-order chi connectivity index (χ0) is 12.9. The maximum absolute atomic E-state index is 10.5. The minimum Gasteiger partial charge on any atom is -0.497 e. The van der Waals surface area contributed by atoms with Gasteiger partial charge in [-0.3, -0.25) is 0 Å². The first-order valence-corrected chi connectivity index (χ1v) is 6.36. The normalized spacial score (nSPS) is 16.3. The Bertz CT molecular complexity index is 345. The van der Waals surface area contributed by atoms with Crippen molar-refractivity contribution in [3.05, 3.63) is 29.8 Å². The van der Waals surface area contributed by atoms with Crippen LogP contribution in [0.25, 0.3) is 0 Å². The van der Waals surface area contributed by atoms with Gasteiger partial charge in [0.1, 0.15) is 5.75 Å². The molecule has 17 heavy (non-hydrogen) atoms. The molecule has 0 heterocycles. The molecular weight excluding hydrogens is 212 g/mol. The third-order valence-electron chi connectivity index (χ3n) is 3.22. The first-order valence-electron chi connectivity index (χ1n) is 6.36. The lowest BCUT2D eigenvalue weighted by Gasteiger charge is -2.27. The Morgan fingerprint density at radius 1 is 1.41 bits per heavy atom. The van der Waals surface area contributed by atoms with E-state index in [4.69, 9.17) is 4.74 Å². The number of rotatable bonds is 6. The van der Waals surface area contributed by atoms with Crippen LogP contribution in [0.5, 0.6) is 5.75 Å². The van der Waals surface area contributed by atoms with Gasteiger partial charge < -0.3 is 9.84 Å². The maximum Gasteiger partial charge on any atom is 0.119 e. The van der Waals surface area contributed by atoms with Crippen molar-refractivity contribution in [3.63, 3.8) is 0 Å². The highest BCUT2D eigenvalue weighted by atomic mass is 16.5. The summed E-state index contributed by atoms with van der Waals surface area (Å²) in [5, 5.41) is 10.5. The highest BCUT2D eigenvalue weighted by Gasteiger charge is 2.25. The van der Waals surface area contributed by atoms with E-state index in [-0.39, 0.29) is 0 Å². The molecule has 0 saturated carbocycles.